The van der Waals surface area contributed by atoms with Crippen LogP contribution in [-0.2, 0) is 6.54 Å². The van der Waals surface area contributed by atoms with Gasteiger partial charge in [0, 0.05) is 18.5 Å². The second-order valence-corrected chi connectivity index (χ2v) is 7.59. The van der Waals surface area contributed by atoms with Gasteiger partial charge in [-0.2, -0.15) is 0 Å². The van der Waals surface area contributed by atoms with Crippen molar-refractivity contribution < 1.29 is 0 Å². The van der Waals surface area contributed by atoms with Gasteiger partial charge in [0.1, 0.15) is 5.01 Å². The van der Waals surface area contributed by atoms with Gasteiger partial charge in [-0.15, -0.1) is 35.3 Å². The molecule has 2 N–H and O–H groups in total. The Bertz CT molecular complexity index is 495. The summed E-state index contributed by atoms with van der Waals surface area (Å²) in [5, 5.41) is 10.1. The number of guanidine groups is 1. The van der Waals surface area contributed by atoms with Crippen LogP contribution in [0.5, 0.6) is 0 Å². The summed E-state index contributed by atoms with van der Waals surface area (Å²) in [6, 6.07) is 0. The molecular formula is C17H32IN5S. The van der Waals surface area contributed by atoms with E-state index in [0.717, 1.165) is 30.0 Å². The summed E-state index contributed by atoms with van der Waals surface area (Å²) in [6.45, 7) is 11.4. The molecule has 1 aliphatic rings. The topological polar surface area (TPSA) is 52.6 Å². The van der Waals surface area contributed by atoms with Gasteiger partial charge in [0.2, 0.25) is 0 Å². The van der Waals surface area contributed by atoms with Crippen molar-refractivity contribution >= 4 is 41.3 Å². The third-order valence-corrected chi connectivity index (χ3v) is 5.13. The molecule has 1 aromatic heterocycles. The number of hydrogen-bond donors (Lipinski definition) is 2. The Morgan fingerprint density at radius 3 is 2.67 bits per heavy atom. The molecule has 0 spiro atoms. The fourth-order valence-electron chi connectivity index (χ4n) is 2.66. The average Bonchev–Trinajstić information content (AvgIpc) is 3.01. The molecule has 24 heavy (non-hydrogen) atoms. The number of aromatic nitrogens is 1. The molecule has 5 nitrogen and oxygen atoms in total. The van der Waals surface area contributed by atoms with E-state index in [9.17, 15) is 0 Å². The molecule has 1 aliphatic heterocycles. The summed E-state index contributed by atoms with van der Waals surface area (Å²) < 4.78 is 0. The van der Waals surface area contributed by atoms with Crippen LogP contribution in [0.25, 0.3) is 0 Å². The minimum Gasteiger partial charge on any atom is -0.357 e. The molecule has 0 atom stereocenters. The molecule has 0 radical (unpaired) electrons. The SMILES string of the molecule is CCNC(=NCc1nc(C(C)C)cs1)NCC1CCN(C)CC1.I. The van der Waals surface area contributed by atoms with Crippen LogP contribution in [0.15, 0.2) is 10.4 Å². The number of nitrogens with one attached hydrogen (secondary N) is 2. The van der Waals surface area contributed by atoms with Crippen molar-refractivity contribution in [2.45, 2.75) is 46.1 Å². The number of thiazole rings is 1. The molecule has 0 unspecified atom stereocenters. The van der Waals surface area contributed by atoms with Gasteiger partial charge < -0.3 is 15.5 Å². The number of rotatable bonds is 6. The number of likely N-dealkylation sites (tertiary alicyclic amines) is 1. The van der Waals surface area contributed by atoms with E-state index < -0.39 is 0 Å². The summed E-state index contributed by atoms with van der Waals surface area (Å²) in [5.74, 6) is 2.15. The van der Waals surface area contributed by atoms with Gasteiger partial charge in [0.15, 0.2) is 5.96 Å². The maximum absolute atomic E-state index is 4.69. The molecule has 0 amide bonds. The summed E-state index contributed by atoms with van der Waals surface area (Å²) in [6.07, 6.45) is 2.54. The van der Waals surface area contributed by atoms with Crippen molar-refractivity contribution in [3.05, 3.63) is 16.1 Å². The molecule has 2 rings (SSSR count). The minimum absolute atomic E-state index is 0. The fourth-order valence-corrected chi connectivity index (χ4v) is 3.54. The van der Waals surface area contributed by atoms with Gasteiger partial charge >= 0.3 is 0 Å². The number of nitrogens with zero attached hydrogens (tertiary/aromatic N) is 3. The highest BCUT2D eigenvalue weighted by Gasteiger charge is 2.16. The second kappa shape index (κ2) is 11.3. The Labute approximate surface area is 167 Å². The minimum atomic E-state index is 0. The van der Waals surface area contributed by atoms with Gasteiger partial charge in [-0.25, -0.2) is 9.98 Å². The third-order valence-electron chi connectivity index (χ3n) is 4.27. The normalized spacial score (nSPS) is 17.0. The van der Waals surface area contributed by atoms with E-state index >= 15 is 0 Å². The molecule has 0 aliphatic carbocycles. The van der Waals surface area contributed by atoms with Crippen molar-refractivity contribution in [1.29, 1.82) is 0 Å². The third kappa shape index (κ3) is 7.23. The standard InChI is InChI=1S/C17H31N5S.HI/c1-5-18-17(19-10-14-6-8-22(4)9-7-14)20-11-16-21-15(12-23-16)13(2)3;/h12-14H,5-11H2,1-4H3,(H2,18,19,20);1H. The lowest BCUT2D eigenvalue weighted by Gasteiger charge is -2.29. The lowest BCUT2D eigenvalue weighted by Crippen LogP contribution is -2.42. The summed E-state index contributed by atoms with van der Waals surface area (Å²) in [7, 11) is 2.20. The van der Waals surface area contributed by atoms with Crippen molar-refractivity contribution in [2.75, 3.05) is 33.2 Å². The van der Waals surface area contributed by atoms with E-state index in [2.05, 4.69) is 58.7 Å². The van der Waals surface area contributed by atoms with Gasteiger partial charge in [-0.05, 0) is 51.7 Å². The maximum atomic E-state index is 4.69. The maximum Gasteiger partial charge on any atom is 0.191 e. The predicted molar refractivity (Wildman–Crippen MR) is 115 cm³/mol. The smallest absolute Gasteiger partial charge is 0.191 e. The first-order valence-electron chi connectivity index (χ1n) is 8.73. The molecule has 0 bridgehead atoms. The van der Waals surface area contributed by atoms with Crippen LogP contribution in [0.1, 0.15) is 50.2 Å². The molecule has 0 saturated carbocycles. The van der Waals surface area contributed by atoms with Crippen LogP contribution in [0.3, 0.4) is 0 Å². The van der Waals surface area contributed by atoms with Gasteiger partial charge in [-0.1, -0.05) is 13.8 Å². The molecule has 7 heteroatoms. The van der Waals surface area contributed by atoms with E-state index in [1.807, 2.05) is 0 Å². The Kier molecular flexibility index (Phi) is 10.1. The van der Waals surface area contributed by atoms with E-state index in [-0.39, 0.29) is 24.0 Å². The number of piperidine rings is 1. The number of hydrogen-bond acceptors (Lipinski definition) is 4. The summed E-state index contributed by atoms with van der Waals surface area (Å²) in [5.41, 5.74) is 1.17. The van der Waals surface area contributed by atoms with Crippen molar-refractivity contribution in [2.24, 2.45) is 10.9 Å². The van der Waals surface area contributed by atoms with E-state index in [1.165, 1.54) is 31.6 Å². The highest BCUT2D eigenvalue weighted by atomic mass is 127. The fraction of sp³-hybridized carbons (Fsp3) is 0.765. The Hall–Kier alpha value is -0.410. The van der Waals surface area contributed by atoms with E-state index in [0.29, 0.717) is 12.5 Å². The number of halogens is 1. The Balaban J connectivity index is 0.00000288. The molecule has 2 heterocycles. The van der Waals surface area contributed by atoms with Crippen LogP contribution < -0.4 is 10.6 Å². The summed E-state index contributed by atoms with van der Waals surface area (Å²) >= 11 is 1.71. The highest BCUT2D eigenvalue weighted by molar-refractivity contribution is 14.0. The quantitative estimate of drug-likeness (QED) is 0.385. The zero-order valence-corrected chi connectivity index (χ0v) is 18.5. The van der Waals surface area contributed by atoms with Gasteiger partial charge in [0.25, 0.3) is 0 Å². The van der Waals surface area contributed by atoms with Crippen LogP contribution in [0.2, 0.25) is 0 Å². The van der Waals surface area contributed by atoms with Crippen LogP contribution in [0, 0.1) is 5.92 Å². The Morgan fingerprint density at radius 1 is 1.38 bits per heavy atom. The van der Waals surface area contributed by atoms with E-state index in [1.54, 1.807) is 11.3 Å². The van der Waals surface area contributed by atoms with Crippen LogP contribution in [0.4, 0.5) is 0 Å². The average molecular weight is 465 g/mol. The monoisotopic (exact) mass is 465 g/mol. The molecule has 1 saturated heterocycles. The first kappa shape index (κ1) is 21.6. The van der Waals surface area contributed by atoms with Gasteiger partial charge in [-0.3, -0.25) is 0 Å². The molecule has 138 valence electrons. The number of aliphatic imine (C=N–C) groups is 1. The first-order chi connectivity index (χ1) is 11.1. The zero-order chi connectivity index (χ0) is 16.7. The van der Waals surface area contributed by atoms with E-state index in [4.69, 9.17) is 0 Å². The lowest BCUT2D eigenvalue weighted by atomic mass is 9.97. The molecule has 0 aromatic carbocycles. The Morgan fingerprint density at radius 2 is 2.08 bits per heavy atom. The largest absolute Gasteiger partial charge is 0.357 e. The zero-order valence-electron chi connectivity index (χ0n) is 15.3. The predicted octanol–water partition coefficient (Wildman–Crippen LogP) is 3.28. The van der Waals surface area contributed by atoms with Crippen LogP contribution >= 0.6 is 35.3 Å². The lowest BCUT2D eigenvalue weighted by molar-refractivity contribution is 0.220. The van der Waals surface area contributed by atoms with Gasteiger partial charge in [0.05, 0.1) is 12.2 Å². The highest BCUT2D eigenvalue weighted by Crippen LogP contribution is 2.18. The van der Waals surface area contributed by atoms with Crippen molar-refractivity contribution in [3.63, 3.8) is 0 Å². The second-order valence-electron chi connectivity index (χ2n) is 6.64. The van der Waals surface area contributed by atoms with Crippen molar-refractivity contribution in [1.82, 2.24) is 20.5 Å². The molecule has 1 aromatic rings. The molecular weight excluding hydrogens is 433 g/mol. The summed E-state index contributed by atoms with van der Waals surface area (Å²) in [4.78, 5) is 11.7. The molecule has 1 fully saturated rings. The first-order valence-corrected chi connectivity index (χ1v) is 9.61. The van der Waals surface area contributed by atoms with Crippen LogP contribution in [-0.4, -0.2) is 49.1 Å². The van der Waals surface area contributed by atoms with Crippen molar-refractivity contribution in [3.8, 4) is 0 Å².